The van der Waals surface area contributed by atoms with Crippen molar-refractivity contribution >= 4 is 12.0 Å². The molecule has 0 amide bonds. The Bertz CT molecular complexity index is 410. The second-order valence-corrected chi connectivity index (χ2v) is 3.80. The zero-order valence-electron chi connectivity index (χ0n) is 10.8. The van der Waals surface area contributed by atoms with Crippen molar-refractivity contribution in [1.29, 1.82) is 0 Å². The van der Waals surface area contributed by atoms with Gasteiger partial charge in [0.25, 0.3) is 0 Å². The van der Waals surface area contributed by atoms with Gasteiger partial charge in [0.15, 0.2) is 0 Å². The maximum atomic E-state index is 11.1. The molecule has 2 N–H and O–H groups in total. The number of aliphatic hydroxyl groups is 2. The lowest BCUT2D eigenvalue weighted by Gasteiger charge is -2.09. The van der Waals surface area contributed by atoms with Crippen LogP contribution in [0.2, 0.25) is 0 Å². The lowest BCUT2D eigenvalue weighted by atomic mass is 10.2. The molecule has 1 unspecified atom stereocenters. The highest BCUT2D eigenvalue weighted by Gasteiger charge is 2.02. The van der Waals surface area contributed by atoms with Crippen LogP contribution in [0.15, 0.2) is 30.3 Å². The molecule has 19 heavy (non-hydrogen) atoms. The maximum Gasteiger partial charge on any atom is 0.330 e. The molecule has 0 fully saturated rings. The van der Waals surface area contributed by atoms with E-state index in [0.717, 1.165) is 5.56 Å². The predicted molar refractivity (Wildman–Crippen MR) is 70.7 cm³/mol. The minimum absolute atomic E-state index is 0.0362. The Morgan fingerprint density at radius 3 is 2.63 bits per heavy atom. The fourth-order valence-corrected chi connectivity index (χ4v) is 1.27. The molecular formula is C14H18O5. The highest BCUT2D eigenvalue weighted by Crippen LogP contribution is 2.13. The molecule has 5 nitrogen and oxygen atoms in total. The molecule has 0 radical (unpaired) electrons. The van der Waals surface area contributed by atoms with Crippen LogP contribution in [0.4, 0.5) is 0 Å². The van der Waals surface area contributed by atoms with E-state index in [1.54, 1.807) is 37.3 Å². The Morgan fingerprint density at radius 1 is 1.37 bits per heavy atom. The van der Waals surface area contributed by atoms with Crippen LogP contribution in [0.25, 0.3) is 6.08 Å². The van der Waals surface area contributed by atoms with Crippen LogP contribution in [0.5, 0.6) is 5.75 Å². The Hall–Kier alpha value is -1.85. The van der Waals surface area contributed by atoms with Crippen molar-refractivity contribution in [1.82, 2.24) is 0 Å². The normalized spacial score (nSPS) is 12.4. The Balaban J connectivity index is 2.49. The predicted octanol–water partition coefficient (Wildman–Crippen LogP) is 0.995. The van der Waals surface area contributed by atoms with Gasteiger partial charge in [0, 0.05) is 6.08 Å². The van der Waals surface area contributed by atoms with Gasteiger partial charge in [-0.3, -0.25) is 0 Å². The number of benzene rings is 1. The van der Waals surface area contributed by atoms with E-state index >= 15 is 0 Å². The van der Waals surface area contributed by atoms with E-state index in [0.29, 0.717) is 12.4 Å². The van der Waals surface area contributed by atoms with Crippen LogP contribution in [0.1, 0.15) is 12.5 Å². The first-order valence-corrected chi connectivity index (χ1v) is 6.02. The standard InChI is InChI=1S/C14H18O5/c1-2-18-14(17)8-5-11-3-6-13(7-4-11)19-10-12(16)9-15/h3-8,12,15-16H,2,9-10H2,1H3. The molecule has 1 aromatic carbocycles. The van der Waals surface area contributed by atoms with Gasteiger partial charge in [0.1, 0.15) is 18.5 Å². The summed E-state index contributed by atoms with van der Waals surface area (Å²) in [6, 6.07) is 6.98. The van der Waals surface area contributed by atoms with Crippen molar-refractivity contribution in [3.05, 3.63) is 35.9 Å². The number of hydrogen-bond acceptors (Lipinski definition) is 5. The second kappa shape index (κ2) is 8.29. The number of esters is 1. The second-order valence-electron chi connectivity index (χ2n) is 3.80. The summed E-state index contributed by atoms with van der Waals surface area (Å²) in [4.78, 5) is 11.1. The summed E-state index contributed by atoms with van der Waals surface area (Å²) in [6.07, 6.45) is 2.11. The van der Waals surface area contributed by atoms with Crippen molar-refractivity contribution in [3.63, 3.8) is 0 Å². The Kier molecular flexibility index (Phi) is 6.63. The van der Waals surface area contributed by atoms with Crippen LogP contribution in [0, 0.1) is 0 Å². The molecule has 0 aromatic heterocycles. The number of ether oxygens (including phenoxy) is 2. The minimum atomic E-state index is -0.886. The molecule has 0 saturated carbocycles. The molecule has 0 saturated heterocycles. The number of carbonyl (C=O) groups excluding carboxylic acids is 1. The first kappa shape index (κ1) is 15.2. The summed E-state index contributed by atoms with van der Waals surface area (Å²) in [6.45, 7) is 1.80. The third kappa shape index (κ3) is 6.03. The number of aliphatic hydroxyl groups excluding tert-OH is 2. The van der Waals surface area contributed by atoms with E-state index in [1.807, 2.05) is 0 Å². The summed E-state index contributed by atoms with van der Waals surface area (Å²) in [5, 5.41) is 17.8. The van der Waals surface area contributed by atoms with Crippen LogP contribution in [0.3, 0.4) is 0 Å². The van der Waals surface area contributed by atoms with Crippen LogP contribution >= 0.6 is 0 Å². The average Bonchev–Trinajstić information content (AvgIpc) is 2.44. The Morgan fingerprint density at radius 2 is 2.05 bits per heavy atom. The summed E-state index contributed by atoms with van der Waals surface area (Å²) >= 11 is 0. The van der Waals surface area contributed by atoms with Crippen molar-refractivity contribution < 1.29 is 24.5 Å². The zero-order valence-corrected chi connectivity index (χ0v) is 10.8. The van der Waals surface area contributed by atoms with Gasteiger partial charge in [-0.1, -0.05) is 12.1 Å². The monoisotopic (exact) mass is 266 g/mol. The molecule has 0 aliphatic rings. The number of hydrogen-bond donors (Lipinski definition) is 2. The largest absolute Gasteiger partial charge is 0.491 e. The van der Waals surface area contributed by atoms with Crippen molar-refractivity contribution in [2.75, 3.05) is 19.8 Å². The zero-order chi connectivity index (χ0) is 14.1. The van der Waals surface area contributed by atoms with Crippen molar-refractivity contribution in [3.8, 4) is 5.75 Å². The van der Waals surface area contributed by atoms with Crippen molar-refractivity contribution in [2.24, 2.45) is 0 Å². The van der Waals surface area contributed by atoms with Crippen LogP contribution < -0.4 is 4.74 Å². The number of carbonyl (C=O) groups is 1. The lowest BCUT2D eigenvalue weighted by Crippen LogP contribution is -2.21. The van der Waals surface area contributed by atoms with Gasteiger partial charge in [-0.25, -0.2) is 4.79 Å². The van der Waals surface area contributed by atoms with Gasteiger partial charge in [0.05, 0.1) is 13.2 Å². The first-order chi connectivity index (χ1) is 9.15. The summed E-state index contributed by atoms with van der Waals surface area (Å²) in [5.74, 6) is 0.203. The van der Waals surface area contributed by atoms with Gasteiger partial charge in [0.2, 0.25) is 0 Å². The Labute approximate surface area is 112 Å². The smallest absolute Gasteiger partial charge is 0.330 e. The van der Waals surface area contributed by atoms with Crippen LogP contribution in [-0.2, 0) is 9.53 Å². The highest BCUT2D eigenvalue weighted by atomic mass is 16.5. The SMILES string of the molecule is CCOC(=O)C=Cc1ccc(OCC(O)CO)cc1. The molecule has 1 atom stereocenters. The van der Waals surface area contributed by atoms with Gasteiger partial charge in [-0.15, -0.1) is 0 Å². The molecule has 0 bridgehead atoms. The summed E-state index contributed by atoms with van der Waals surface area (Å²) in [5.41, 5.74) is 0.836. The molecule has 1 aromatic rings. The van der Waals surface area contributed by atoms with Gasteiger partial charge in [-0.05, 0) is 30.7 Å². The van der Waals surface area contributed by atoms with Gasteiger partial charge < -0.3 is 19.7 Å². The molecule has 5 heteroatoms. The van der Waals surface area contributed by atoms with E-state index in [1.165, 1.54) is 6.08 Å². The highest BCUT2D eigenvalue weighted by molar-refractivity contribution is 5.87. The van der Waals surface area contributed by atoms with E-state index in [9.17, 15) is 4.79 Å². The van der Waals surface area contributed by atoms with E-state index < -0.39 is 6.10 Å². The van der Waals surface area contributed by atoms with Crippen molar-refractivity contribution in [2.45, 2.75) is 13.0 Å². The van der Waals surface area contributed by atoms with E-state index in [-0.39, 0.29) is 19.2 Å². The fourth-order valence-electron chi connectivity index (χ4n) is 1.27. The summed E-state index contributed by atoms with van der Waals surface area (Å²) in [7, 11) is 0. The van der Waals surface area contributed by atoms with E-state index in [4.69, 9.17) is 19.7 Å². The molecule has 0 aliphatic carbocycles. The molecule has 1 rings (SSSR count). The average molecular weight is 266 g/mol. The minimum Gasteiger partial charge on any atom is -0.491 e. The molecule has 104 valence electrons. The van der Waals surface area contributed by atoms with Gasteiger partial charge >= 0.3 is 5.97 Å². The lowest BCUT2D eigenvalue weighted by molar-refractivity contribution is -0.137. The topological polar surface area (TPSA) is 76.0 Å². The summed E-state index contributed by atoms with van der Waals surface area (Å²) < 4.78 is 10.0. The fraction of sp³-hybridized carbons (Fsp3) is 0.357. The molecule has 0 heterocycles. The third-order valence-electron chi connectivity index (χ3n) is 2.23. The van der Waals surface area contributed by atoms with Gasteiger partial charge in [-0.2, -0.15) is 0 Å². The maximum absolute atomic E-state index is 11.1. The number of rotatable bonds is 7. The third-order valence-corrected chi connectivity index (χ3v) is 2.23. The van der Waals surface area contributed by atoms with Crippen LogP contribution in [-0.4, -0.2) is 42.1 Å². The molecular weight excluding hydrogens is 248 g/mol. The first-order valence-electron chi connectivity index (χ1n) is 6.02. The molecule has 0 spiro atoms. The van der Waals surface area contributed by atoms with E-state index in [2.05, 4.69) is 0 Å². The molecule has 0 aliphatic heterocycles. The quantitative estimate of drug-likeness (QED) is 0.568.